The second kappa shape index (κ2) is 9.22. The predicted molar refractivity (Wildman–Crippen MR) is 138 cm³/mol. The molecule has 1 aliphatic rings. The Morgan fingerprint density at radius 1 is 1.03 bits per heavy atom. The molecule has 2 heterocycles. The number of nitrogens with zero attached hydrogens (tertiary/aromatic N) is 1. The van der Waals surface area contributed by atoms with Crippen LogP contribution in [0.5, 0.6) is 0 Å². The van der Waals surface area contributed by atoms with Gasteiger partial charge in [-0.2, -0.15) is 0 Å². The van der Waals surface area contributed by atoms with Gasteiger partial charge in [-0.1, -0.05) is 59.6 Å². The fourth-order valence-corrected chi connectivity index (χ4v) is 5.09. The smallest absolute Gasteiger partial charge is 0.294 e. The van der Waals surface area contributed by atoms with E-state index < -0.39 is 29.0 Å². The van der Waals surface area contributed by atoms with E-state index in [2.05, 4.69) is 5.32 Å². The van der Waals surface area contributed by atoms with Crippen LogP contribution in [0.15, 0.2) is 75.0 Å². The van der Waals surface area contributed by atoms with Crippen LogP contribution in [0.1, 0.15) is 5.56 Å². The van der Waals surface area contributed by atoms with Crippen molar-refractivity contribution >= 4 is 85.5 Å². The fourth-order valence-electron chi connectivity index (χ4n) is 3.73. The van der Waals surface area contributed by atoms with Crippen molar-refractivity contribution in [3.05, 3.63) is 91.6 Å². The molecule has 3 aromatic carbocycles. The van der Waals surface area contributed by atoms with Crippen LogP contribution in [0.2, 0.25) is 10.0 Å². The van der Waals surface area contributed by atoms with E-state index >= 15 is 0 Å². The molecule has 7 nitrogen and oxygen atoms in total. The van der Waals surface area contributed by atoms with Crippen LogP contribution >= 0.6 is 35.0 Å². The van der Waals surface area contributed by atoms with Crippen molar-refractivity contribution in [2.75, 3.05) is 11.9 Å². The molecular weight excluding hydrogens is 511 g/mol. The molecular formula is C25H14Cl2N2O5S. The predicted octanol–water partition coefficient (Wildman–Crippen LogP) is 5.93. The molecule has 1 fully saturated rings. The minimum Gasteiger partial charge on any atom is -0.462 e. The molecule has 1 aromatic heterocycles. The van der Waals surface area contributed by atoms with Gasteiger partial charge in [0.15, 0.2) is 11.0 Å². The normalized spacial score (nSPS) is 14.9. The first kappa shape index (κ1) is 23.2. The van der Waals surface area contributed by atoms with E-state index in [1.54, 1.807) is 12.1 Å². The Kier molecular flexibility index (Phi) is 6.10. The highest BCUT2D eigenvalue weighted by atomic mass is 35.5. The van der Waals surface area contributed by atoms with Gasteiger partial charge in [0, 0.05) is 16.1 Å². The average Bonchev–Trinajstić information content (AvgIpc) is 3.08. The number of imide groups is 1. The summed E-state index contributed by atoms with van der Waals surface area (Å²) in [5, 5.41) is 4.48. The number of benzene rings is 3. The zero-order valence-corrected chi connectivity index (χ0v) is 20.0. The summed E-state index contributed by atoms with van der Waals surface area (Å²) in [4.78, 5) is 51.7. The highest BCUT2D eigenvalue weighted by Gasteiger charge is 2.36. The fraction of sp³-hybridized carbons (Fsp3) is 0.0400. The minimum absolute atomic E-state index is 0.00673. The first-order chi connectivity index (χ1) is 16.8. The molecule has 174 valence electrons. The second-order valence-electron chi connectivity index (χ2n) is 7.63. The number of hydrogen-bond donors (Lipinski definition) is 1. The molecule has 1 N–H and O–H groups in total. The van der Waals surface area contributed by atoms with Gasteiger partial charge in [0.25, 0.3) is 11.1 Å². The third-order valence-electron chi connectivity index (χ3n) is 5.34. The summed E-state index contributed by atoms with van der Waals surface area (Å²) in [6.07, 6.45) is 2.42. The molecule has 0 bridgehead atoms. The molecule has 1 aliphatic heterocycles. The van der Waals surface area contributed by atoms with Gasteiger partial charge < -0.3 is 9.73 Å². The standard InChI is InChI=1S/C25H14Cl2N2O5S/c26-15-9-17-22(31)14(12-34-23(17)18(27)10-15)8-20-24(32)29(25(33)35-20)11-21(30)28-19-7-3-5-13-4-1-2-6-16(13)19/h1-10,12H,11H2,(H,28,30)/b20-8-. The molecule has 0 aliphatic carbocycles. The maximum absolute atomic E-state index is 12.9. The van der Waals surface area contributed by atoms with Gasteiger partial charge in [-0.05, 0) is 41.4 Å². The van der Waals surface area contributed by atoms with Gasteiger partial charge >= 0.3 is 0 Å². The van der Waals surface area contributed by atoms with Gasteiger partial charge in [-0.3, -0.25) is 24.1 Å². The lowest BCUT2D eigenvalue weighted by molar-refractivity contribution is -0.127. The Morgan fingerprint density at radius 2 is 1.80 bits per heavy atom. The number of thioether (sulfide) groups is 1. The molecule has 10 heteroatoms. The number of halogens is 2. The lowest BCUT2D eigenvalue weighted by Gasteiger charge is -2.13. The van der Waals surface area contributed by atoms with E-state index in [9.17, 15) is 19.2 Å². The number of rotatable bonds is 4. The minimum atomic E-state index is -0.684. The summed E-state index contributed by atoms with van der Waals surface area (Å²) in [5.41, 5.74) is 0.316. The molecule has 35 heavy (non-hydrogen) atoms. The zero-order valence-electron chi connectivity index (χ0n) is 17.7. The van der Waals surface area contributed by atoms with Crippen LogP contribution in [0.25, 0.3) is 27.8 Å². The first-order valence-electron chi connectivity index (χ1n) is 10.3. The van der Waals surface area contributed by atoms with Crippen LogP contribution < -0.4 is 10.7 Å². The van der Waals surface area contributed by atoms with Crippen LogP contribution in [0.3, 0.4) is 0 Å². The highest BCUT2D eigenvalue weighted by molar-refractivity contribution is 8.18. The Bertz CT molecular complexity index is 1640. The Morgan fingerprint density at radius 3 is 2.63 bits per heavy atom. The summed E-state index contributed by atoms with van der Waals surface area (Å²) >= 11 is 12.7. The van der Waals surface area contributed by atoms with E-state index in [0.717, 1.165) is 21.9 Å². The van der Waals surface area contributed by atoms with Crippen molar-refractivity contribution in [3.63, 3.8) is 0 Å². The molecule has 0 atom stereocenters. The molecule has 5 rings (SSSR count). The van der Waals surface area contributed by atoms with Crippen molar-refractivity contribution in [1.82, 2.24) is 4.90 Å². The lowest BCUT2D eigenvalue weighted by Crippen LogP contribution is -2.36. The summed E-state index contributed by atoms with van der Waals surface area (Å²) in [6.45, 7) is -0.469. The average molecular weight is 525 g/mol. The molecule has 0 saturated carbocycles. The molecule has 0 radical (unpaired) electrons. The highest BCUT2D eigenvalue weighted by Crippen LogP contribution is 2.33. The Balaban J connectivity index is 1.38. The largest absolute Gasteiger partial charge is 0.462 e. The number of carbonyl (C=O) groups excluding carboxylic acids is 3. The SMILES string of the molecule is O=C(CN1C(=O)S/C(=C\c2coc3c(Cl)cc(Cl)cc3c2=O)C1=O)Nc1cccc2ccccc12. The third kappa shape index (κ3) is 4.43. The summed E-state index contributed by atoms with van der Waals surface area (Å²) < 4.78 is 5.46. The van der Waals surface area contributed by atoms with Crippen LogP contribution in [0.4, 0.5) is 10.5 Å². The summed E-state index contributed by atoms with van der Waals surface area (Å²) in [5.74, 6) is -1.21. The van der Waals surface area contributed by atoms with E-state index in [1.165, 1.54) is 18.2 Å². The number of anilines is 1. The van der Waals surface area contributed by atoms with Crippen LogP contribution in [0, 0.1) is 0 Å². The van der Waals surface area contributed by atoms with Crippen LogP contribution in [-0.4, -0.2) is 28.5 Å². The maximum Gasteiger partial charge on any atom is 0.294 e. The zero-order chi connectivity index (χ0) is 24.7. The maximum atomic E-state index is 12.9. The summed E-state index contributed by atoms with van der Waals surface area (Å²) in [7, 11) is 0. The number of hydrogen-bond acceptors (Lipinski definition) is 6. The first-order valence-corrected chi connectivity index (χ1v) is 11.8. The van der Waals surface area contributed by atoms with Gasteiger partial charge in [0.05, 0.1) is 20.9 Å². The second-order valence-corrected chi connectivity index (χ2v) is 9.46. The van der Waals surface area contributed by atoms with Gasteiger partial charge in [-0.25, -0.2) is 0 Å². The van der Waals surface area contributed by atoms with E-state index in [-0.39, 0.29) is 31.5 Å². The Hall–Kier alpha value is -3.59. The van der Waals surface area contributed by atoms with E-state index in [1.807, 2.05) is 30.3 Å². The molecule has 1 saturated heterocycles. The van der Waals surface area contributed by atoms with Gasteiger partial charge in [0.2, 0.25) is 5.91 Å². The van der Waals surface area contributed by atoms with Gasteiger partial charge in [0.1, 0.15) is 12.8 Å². The van der Waals surface area contributed by atoms with Crippen molar-refractivity contribution in [3.8, 4) is 0 Å². The lowest BCUT2D eigenvalue weighted by atomic mass is 10.1. The quantitative estimate of drug-likeness (QED) is 0.332. The summed E-state index contributed by atoms with van der Waals surface area (Å²) in [6, 6.07) is 15.8. The topological polar surface area (TPSA) is 96.7 Å². The number of fused-ring (bicyclic) bond motifs is 2. The number of carbonyl (C=O) groups is 3. The van der Waals surface area contributed by atoms with Crippen molar-refractivity contribution in [2.45, 2.75) is 0 Å². The molecule has 4 aromatic rings. The molecule has 0 unspecified atom stereocenters. The van der Waals surface area contributed by atoms with E-state index in [4.69, 9.17) is 27.6 Å². The molecule has 3 amide bonds. The van der Waals surface area contributed by atoms with Crippen LogP contribution in [-0.2, 0) is 9.59 Å². The number of nitrogens with one attached hydrogen (secondary N) is 1. The number of amides is 3. The monoisotopic (exact) mass is 524 g/mol. The van der Waals surface area contributed by atoms with Crippen molar-refractivity contribution in [2.24, 2.45) is 0 Å². The van der Waals surface area contributed by atoms with E-state index in [0.29, 0.717) is 17.4 Å². The Labute approximate surface area is 212 Å². The van der Waals surface area contributed by atoms with Gasteiger partial charge in [-0.15, -0.1) is 0 Å². The van der Waals surface area contributed by atoms with Crippen molar-refractivity contribution in [1.29, 1.82) is 0 Å². The van der Waals surface area contributed by atoms with Crippen molar-refractivity contribution < 1.29 is 18.8 Å². The third-order valence-corrected chi connectivity index (χ3v) is 6.75. The molecule has 0 spiro atoms.